The summed E-state index contributed by atoms with van der Waals surface area (Å²) in [6, 6.07) is 22.7. The number of halogens is 1. The predicted molar refractivity (Wildman–Crippen MR) is 135 cm³/mol. The van der Waals surface area contributed by atoms with E-state index in [1.807, 2.05) is 84.6 Å². The minimum atomic E-state index is -0.182. The van der Waals surface area contributed by atoms with Gasteiger partial charge in [-0.15, -0.1) is 0 Å². The summed E-state index contributed by atoms with van der Waals surface area (Å²) in [6.07, 6.45) is 3.47. The van der Waals surface area contributed by atoms with Gasteiger partial charge < -0.3 is 15.1 Å². The van der Waals surface area contributed by atoms with Gasteiger partial charge in [0.1, 0.15) is 0 Å². The molecule has 0 bridgehead atoms. The van der Waals surface area contributed by atoms with Crippen LogP contribution in [0.5, 0.6) is 0 Å². The SMILES string of the molecule is Cc1ccc(C(=O)Nc2cc(Cl)ccc2N2CCN(C(=O)/C=C/c3ccccc3)CC2)cc1. The van der Waals surface area contributed by atoms with Gasteiger partial charge in [0.25, 0.3) is 5.91 Å². The number of piperazine rings is 1. The lowest BCUT2D eigenvalue weighted by molar-refractivity contribution is -0.126. The molecule has 1 heterocycles. The number of hydrogen-bond donors (Lipinski definition) is 1. The van der Waals surface area contributed by atoms with Gasteiger partial charge in [0.15, 0.2) is 0 Å². The van der Waals surface area contributed by atoms with E-state index in [4.69, 9.17) is 11.6 Å². The van der Waals surface area contributed by atoms with Gasteiger partial charge in [0.05, 0.1) is 11.4 Å². The Morgan fingerprint density at radius 3 is 2.30 bits per heavy atom. The van der Waals surface area contributed by atoms with Crippen LogP contribution in [0.3, 0.4) is 0 Å². The first kappa shape index (κ1) is 22.6. The van der Waals surface area contributed by atoms with Crippen molar-refractivity contribution in [3.63, 3.8) is 0 Å². The highest BCUT2D eigenvalue weighted by Gasteiger charge is 2.22. The normalized spacial score (nSPS) is 13.9. The summed E-state index contributed by atoms with van der Waals surface area (Å²) in [5.74, 6) is -0.180. The summed E-state index contributed by atoms with van der Waals surface area (Å²) in [5.41, 5.74) is 4.25. The number of hydrogen-bond acceptors (Lipinski definition) is 3. The fourth-order valence-corrected chi connectivity index (χ4v) is 3.96. The number of nitrogens with zero attached hydrogens (tertiary/aromatic N) is 2. The second-order valence-electron chi connectivity index (χ2n) is 8.04. The molecule has 0 saturated carbocycles. The number of amides is 2. The molecule has 4 rings (SSSR count). The lowest BCUT2D eigenvalue weighted by Gasteiger charge is -2.36. The maximum atomic E-state index is 12.8. The Kier molecular flexibility index (Phi) is 7.10. The summed E-state index contributed by atoms with van der Waals surface area (Å²) in [5, 5.41) is 3.55. The van der Waals surface area contributed by atoms with Crippen molar-refractivity contribution in [1.82, 2.24) is 4.90 Å². The second-order valence-corrected chi connectivity index (χ2v) is 8.47. The summed E-state index contributed by atoms with van der Waals surface area (Å²) >= 11 is 6.23. The van der Waals surface area contributed by atoms with Crippen molar-refractivity contribution in [3.05, 3.63) is 101 Å². The highest BCUT2D eigenvalue weighted by atomic mass is 35.5. The molecule has 1 N–H and O–H groups in total. The van der Waals surface area contributed by atoms with Gasteiger partial charge in [0.2, 0.25) is 5.91 Å². The fourth-order valence-electron chi connectivity index (χ4n) is 3.79. The first-order valence-corrected chi connectivity index (χ1v) is 11.3. The molecule has 1 aliphatic rings. The molecule has 6 heteroatoms. The van der Waals surface area contributed by atoms with E-state index in [2.05, 4.69) is 10.2 Å². The maximum absolute atomic E-state index is 12.8. The quantitative estimate of drug-likeness (QED) is 0.529. The maximum Gasteiger partial charge on any atom is 0.255 e. The van der Waals surface area contributed by atoms with E-state index in [9.17, 15) is 9.59 Å². The average molecular weight is 460 g/mol. The van der Waals surface area contributed by atoms with E-state index in [-0.39, 0.29) is 11.8 Å². The van der Waals surface area contributed by atoms with Crippen LogP contribution in [0, 0.1) is 6.92 Å². The average Bonchev–Trinajstić information content (AvgIpc) is 2.84. The van der Waals surface area contributed by atoms with E-state index in [1.165, 1.54) is 0 Å². The first-order chi connectivity index (χ1) is 16.0. The smallest absolute Gasteiger partial charge is 0.255 e. The Hall–Kier alpha value is -3.57. The molecule has 0 spiro atoms. The van der Waals surface area contributed by atoms with Crippen molar-refractivity contribution in [3.8, 4) is 0 Å². The topological polar surface area (TPSA) is 52.7 Å². The Balaban J connectivity index is 1.42. The number of carbonyl (C=O) groups excluding carboxylic acids is 2. The van der Waals surface area contributed by atoms with Crippen molar-refractivity contribution < 1.29 is 9.59 Å². The highest BCUT2D eigenvalue weighted by Crippen LogP contribution is 2.30. The number of aryl methyl sites for hydroxylation is 1. The van der Waals surface area contributed by atoms with E-state index in [1.54, 1.807) is 12.1 Å². The van der Waals surface area contributed by atoms with Crippen LogP contribution in [-0.4, -0.2) is 42.9 Å². The molecule has 1 fully saturated rings. The van der Waals surface area contributed by atoms with Crippen LogP contribution in [-0.2, 0) is 4.79 Å². The zero-order valence-corrected chi connectivity index (χ0v) is 19.3. The second kappa shape index (κ2) is 10.4. The summed E-state index contributed by atoms with van der Waals surface area (Å²) in [4.78, 5) is 29.4. The number of anilines is 2. The Morgan fingerprint density at radius 2 is 1.61 bits per heavy atom. The molecule has 0 unspecified atom stereocenters. The zero-order chi connectivity index (χ0) is 23.2. The Labute approximate surface area is 199 Å². The molecule has 5 nitrogen and oxygen atoms in total. The van der Waals surface area contributed by atoms with E-state index in [0.717, 1.165) is 16.8 Å². The van der Waals surface area contributed by atoms with Crippen LogP contribution in [0.4, 0.5) is 11.4 Å². The van der Waals surface area contributed by atoms with E-state index in [0.29, 0.717) is 42.5 Å². The van der Waals surface area contributed by atoms with Crippen LogP contribution in [0.2, 0.25) is 5.02 Å². The molecule has 3 aromatic carbocycles. The molecule has 3 aromatic rings. The lowest BCUT2D eigenvalue weighted by atomic mass is 10.1. The van der Waals surface area contributed by atoms with Crippen molar-refractivity contribution in [2.24, 2.45) is 0 Å². The van der Waals surface area contributed by atoms with Gasteiger partial charge in [-0.25, -0.2) is 0 Å². The van der Waals surface area contributed by atoms with Gasteiger partial charge in [-0.1, -0.05) is 59.6 Å². The molecule has 0 aliphatic carbocycles. The number of nitrogens with one attached hydrogen (secondary N) is 1. The molecule has 0 radical (unpaired) electrons. The lowest BCUT2D eigenvalue weighted by Crippen LogP contribution is -2.48. The number of rotatable bonds is 5. The van der Waals surface area contributed by atoms with Crippen molar-refractivity contribution in [2.75, 3.05) is 36.4 Å². The van der Waals surface area contributed by atoms with E-state index < -0.39 is 0 Å². The molecule has 1 saturated heterocycles. The molecule has 1 aliphatic heterocycles. The largest absolute Gasteiger partial charge is 0.366 e. The molecular weight excluding hydrogens is 434 g/mol. The Bertz CT molecular complexity index is 1150. The standard InChI is InChI=1S/C27H26ClN3O2/c1-20-7-10-22(11-8-20)27(33)29-24-19-23(28)12-13-25(24)30-15-17-31(18-16-30)26(32)14-9-21-5-3-2-4-6-21/h2-14,19H,15-18H2,1H3,(H,29,33)/b14-9+. The third-order valence-electron chi connectivity index (χ3n) is 5.67. The van der Waals surface area contributed by atoms with Crippen LogP contribution in [0.25, 0.3) is 6.08 Å². The van der Waals surface area contributed by atoms with Gasteiger partial charge in [-0.05, 0) is 48.9 Å². The zero-order valence-electron chi connectivity index (χ0n) is 18.5. The van der Waals surface area contributed by atoms with Gasteiger partial charge in [0, 0.05) is 42.8 Å². The molecule has 2 amide bonds. The van der Waals surface area contributed by atoms with Crippen molar-refractivity contribution >= 4 is 40.9 Å². The number of carbonyl (C=O) groups is 2. The van der Waals surface area contributed by atoms with Gasteiger partial charge >= 0.3 is 0 Å². The predicted octanol–water partition coefficient (Wildman–Crippen LogP) is 5.26. The van der Waals surface area contributed by atoms with Crippen molar-refractivity contribution in [1.29, 1.82) is 0 Å². The molecule has 33 heavy (non-hydrogen) atoms. The van der Waals surface area contributed by atoms with Crippen LogP contribution >= 0.6 is 11.6 Å². The first-order valence-electron chi connectivity index (χ1n) is 10.9. The molecule has 0 atom stereocenters. The third kappa shape index (κ3) is 5.82. The minimum Gasteiger partial charge on any atom is -0.366 e. The number of benzene rings is 3. The van der Waals surface area contributed by atoms with E-state index >= 15 is 0 Å². The molecule has 0 aromatic heterocycles. The molecular formula is C27H26ClN3O2. The van der Waals surface area contributed by atoms with Crippen LogP contribution in [0.1, 0.15) is 21.5 Å². The summed E-state index contributed by atoms with van der Waals surface area (Å²) < 4.78 is 0. The monoisotopic (exact) mass is 459 g/mol. The summed E-state index contributed by atoms with van der Waals surface area (Å²) in [7, 11) is 0. The van der Waals surface area contributed by atoms with Crippen LogP contribution in [0.15, 0.2) is 78.9 Å². The third-order valence-corrected chi connectivity index (χ3v) is 5.91. The van der Waals surface area contributed by atoms with Gasteiger partial charge in [-0.3, -0.25) is 9.59 Å². The highest BCUT2D eigenvalue weighted by molar-refractivity contribution is 6.31. The minimum absolute atomic E-state index is 0.00232. The van der Waals surface area contributed by atoms with Crippen LogP contribution < -0.4 is 10.2 Å². The van der Waals surface area contributed by atoms with Gasteiger partial charge in [-0.2, -0.15) is 0 Å². The summed E-state index contributed by atoms with van der Waals surface area (Å²) in [6.45, 7) is 4.52. The fraction of sp³-hybridized carbons (Fsp3) is 0.185. The van der Waals surface area contributed by atoms with Crippen molar-refractivity contribution in [2.45, 2.75) is 6.92 Å². The Morgan fingerprint density at radius 1 is 0.909 bits per heavy atom. The molecule has 168 valence electrons.